The lowest BCUT2D eigenvalue weighted by molar-refractivity contribution is -0.124. The number of ether oxygens (including phenoxy) is 1. The third-order valence-electron chi connectivity index (χ3n) is 5.11. The second kappa shape index (κ2) is 7.32. The second-order valence-corrected chi connectivity index (χ2v) is 7.28. The molecule has 4 rings (SSSR count). The van der Waals surface area contributed by atoms with Gasteiger partial charge in [0.25, 0.3) is 5.91 Å². The van der Waals surface area contributed by atoms with Crippen LogP contribution in [0.15, 0.2) is 54.6 Å². The highest BCUT2D eigenvalue weighted by Gasteiger charge is 2.42. The van der Waals surface area contributed by atoms with Gasteiger partial charge in [-0.25, -0.2) is 0 Å². The number of ketones is 1. The molecule has 1 amide bonds. The molecule has 0 atom stereocenters. The molecule has 0 aliphatic heterocycles. The minimum atomic E-state index is -0.0572. The van der Waals surface area contributed by atoms with E-state index in [4.69, 9.17) is 4.74 Å². The van der Waals surface area contributed by atoms with E-state index in [1.165, 1.54) is 25.7 Å². The molecular weight excluding hydrogens is 326 g/mol. The molecule has 0 unspecified atom stereocenters. The van der Waals surface area contributed by atoms with Crippen molar-refractivity contribution in [2.75, 3.05) is 6.61 Å². The molecule has 4 heteroatoms. The van der Waals surface area contributed by atoms with Crippen molar-refractivity contribution in [3.8, 4) is 5.75 Å². The van der Waals surface area contributed by atoms with Gasteiger partial charge in [-0.3, -0.25) is 9.59 Å². The van der Waals surface area contributed by atoms with Gasteiger partial charge in [0.05, 0.1) is 0 Å². The smallest absolute Gasteiger partial charge is 0.258 e. The van der Waals surface area contributed by atoms with Crippen LogP contribution in [0, 0.1) is 11.8 Å². The molecular formula is C22H23NO3. The van der Waals surface area contributed by atoms with Crippen LogP contribution in [0.2, 0.25) is 0 Å². The third-order valence-corrected chi connectivity index (χ3v) is 5.11. The van der Waals surface area contributed by atoms with Crippen molar-refractivity contribution in [2.24, 2.45) is 11.8 Å². The van der Waals surface area contributed by atoms with Gasteiger partial charge in [0.1, 0.15) is 5.75 Å². The number of hydrogen-bond acceptors (Lipinski definition) is 3. The van der Waals surface area contributed by atoms with Crippen LogP contribution >= 0.6 is 0 Å². The summed E-state index contributed by atoms with van der Waals surface area (Å²) in [5, 5.41) is 3.14. The molecule has 2 aliphatic rings. The zero-order valence-corrected chi connectivity index (χ0v) is 14.7. The van der Waals surface area contributed by atoms with Crippen molar-refractivity contribution in [3.05, 3.63) is 65.7 Å². The first kappa shape index (κ1) is 16.8. The maximum atomic E-state index is 12.4. The summed E-state index contributed by atoms with van der Waals surface area (Å²) < 4.78 is 5.59. The molecule has 1 N–H and O–H groups in total. The zero-order chi connectivity index (χ0) is 17.9. The van der Waals surface area contributed by atoms with Gasteiger partial charge in [-0.1, -0.05) is 30.3 Å². The molecule has 4 nitrogen and oxygen atoms in total. The Morgan fingerprint density at radius 2 is 1.46 bits per heavy atom. The molecule has 2 aliphatic carbocycles. The first-order valence-electron chi connectivity index (χ1n) is 9.32. The second-order valence-electron chi connectivity index (χ2n) is 7.28. The summed E-state index contributed by atoms with van der Waals surface area (Å²) in [6, 6.07) is 16.5. The quantitative estimate of drug-likeness (QED) is 0.741. The fraction of sp³-hybridized carbons (Fsp3) is 0.364. The average molecular weight is 349 g/mol. The zero-order valence-electron chi connectivity index (χ0n) is 14.7. The number of hydrogen-bond donors (Lipinski definition) is 1. The minimum Gasteiger partial charge on any atom is -0.484 e. The number of carbonyl (C=O) groups is 2. The molecule has 0 bridgehead atoms. The maximum Gasteiger partial charge on any atom is 0.258 e. The summed E-state index contributed by atoms with van der Waals surface area (Å²) in [5.74, 6) is 1.87. The number of carbonyl (C=O) groups excluding carboxylic acids is 2. The van der Waals surface area contributed by atoms with Crippen LogP contribution in [0.4, 0.5) is 0 Å². The molecule has 2 fully saturated rings. The predicted molar refractivity (Wildman–Crippen MR) is 99.2 cm³/mol. The fourth-order valence-electron chi connectivity index (χ4n) is 3.37. The fourth-order valence-corrected chi connectivity index (χ4v) is 3.37. The normalized spacial score (nSPS) is 16.3. The van der Waals surface area contributed by atoms with E-state index in [2.05, 4.69) is 5.32 Å². The van der Waals surface area contributed by atoms with E-state index >= 15 is 0 Å². The number of rotatable bonds is 8. The molecule has 0 radical (unpaired) electrons. The standard InChI is InChI=1S/C22H23NO3/c24-20(23-21(15-6-7-15)16-8-9-16)14-26-19-12-10-18(11-13-19)22(25)17-4-2-1-3-5-17/h1-5,10-13,15-16,21H,6-9,14H2,(H,23,24). The SMILES string of the molecule is O=C(COc1ccc(C(=O)c2ccccc2)cc1)NC(C1CC1)C1CC1. The number of nitrogens with one attached hydrogen (secondary N) is 1. The van der Waals surface area contributed by atoms with E-state index in [1.807, 2.05) is 18.2 Å². The van der Waals surface area contributed by atoms with Crippen molar-refractivity contribution in [1.82, 2.24) is 5.32 Å². The van der Waals surface area contributed by atoms with Crippen LogP contribution in [0.3, 0.4) is 0 Å². The first-order chi connectivity index (χ1) is 12.7. The van der Waals surface area contributed by atoms with Gasteiger partial charge in [-0.2, -0.15) is 0 Å². The Bertz CT molecular complexity index is 765. The van der Waals surface area contributed by atoms with Gasteiger partial charge < -0.3 is 10.1 Å². The first-order valence-corrected chi connectivity index (χ1v) is 9.32. The maximum absolute atomic E-state index is 12.4. The van der Waals surface area contributed by atoms with Crippen LogP contribution in [0.1, 0.15) is 41.6 Å². The summed E-state index contributed by atoms with van der Waals surface area (Å²) in [6.07, 6.45) is 4.94. The van der Waals surface area contributed by atoms with Crippen molar-refractivity contribution in [3.63, 3.8) is 0 Å². The Balaban J connectivity index is 1.30. The lowest BCUT2D eigenvalue weighted by Crippen LogP contribution is -2.40. The van der Waals surface area contributed by atoms with Crippen LogP contribution in [0.5, 0.6) is 5.75 Å². The Morgan fingerprint density at radius 1 is 0.885 bits per heavy atom. The summed E-state index contributed by atoms with van der Waals surface area (Å²) in [4.78, 5) is 24.5. The van der Waals surface area contributed by atoms with E-state index in [1.54, 1.807) is 36.4 Å². The lowest BCUT2D eigenvalue weighted by atomic mass is 10.0. The van der Waals surface area contributed by atoms with E-state index in [-0.39, 0.29) is 18.3 Å². The predicted octanol–water partition coefficient (Wildman–Crippen LogP) is 3.60. The molecule has 26 heavy (non-hydrogen) atoms. The van der Waals surface area contributed by atoms with Crippen molar-refractivity contribution in [1.29, 1.82) is 0 Å². The van der Waals surface area contributed by atoms with Crippen LogP contribution < -0.4 is 10.1 Å². The number of amides is 1. The Kier molecular flexibility index (Phi) is 4.74. The summed E-state index contributed by atoms with van der Waals surface area (Å²) in [5.41, 5.74) is 1.27. The van der Waals surface area contributed by atoms with Gasteiger partial charge in [0, 0.05) is 17.2 Å². The average Bonchev–Trinajstić information content (AvgIpc) is 3.58. The Hall–Kier alpha value is -2.62. The van der Waals surface area contributed by atoms with E-state index in [0.717, 1.165) is 0 Å². The highest BCUT2D eigenvalue weighted by atomic mass is 16.5. The van der Waals surface area contributed by atoms with Crippen LogP contribution in [-0.4, -0.2) is 24.3 Å². The van der Waals surface area contributed by atoms with Gasteiger partial charge in [0.15, 0.2) is 12.4 Å². The summed E-state index contributed by atoms with van der Waals surface area (Å²) in [6.45, 7) is 0.0158. The van der Waals surface area contributed by atoms with E-state index in [0.29, 0.717) is 34.8 Å². The molecule has 2 aromatic carbocycles. The topological polar surface area (TPSA) is 55.4 Å². The van der Waals surface area contributed by atoms with E-state index < -0.39 is 0 Å². The Labute approximate surface area is 153 Å². The lowest BCUT2D eigenvalue weighted by Gasteiger charge is -2.17. The van der Waals surface area contributed by atoms with Gasteiger partial charge >= 0.3 is 0 Å². The molecule has 0 heterocycles. The van der Waals surface area contributed by atoms with Crippen molar-refractivity contribution < 1.29 is 14.3 Å². The molecule has 134 valence electrons. The summed E-state index contributed by atoms with van der Waals surface area (Å²) in [7, 11) is 0. The van der Waals surface area contributed by atoms with Gasteiger partial charge in [-0.05, 0) is 61.8 Å². The minimum absolute atomic E-state index is 0.0158. The molecule has 0 spiro atoms. The monoisotopic (exact) mass is 349 g/mol. The largest absolute Gasteiger partial charge is 0.484 e. The van der Waals surface area contributed by atoms with E-state index in [9.17, 15) is 9.59 Å². The third kappa shape index (κ3) is 4.13. The van der Waals surface area contributed by atoms with Crippen LogP contribution in [-0.2, 0) is 4.79 Å². The molecule has 0 aromatic heterocycles. The van der Waals surface area contributed by atoms with Gasteiger partial charge in [0.2, 0.25) is 0 Å². The van der Waals surface area contributed by atoms with Crippen molar-refractivity contribution in [2.45, 2.75) is 31.7 Å². The van der Waals surface area contributed by atoms with Crippen LogP contribution in [0.25, 0.3) is 0 Å². The highest BCUT2D eigenvalue weighted by Crippen LogP contribution is 2.44. The van der Waals surface area contributed by atoms with Gasteiger partial charge in [-0.15, -0.1) is 0 Å². The molecule has 0 saturated heterocycles. The number of benzene rings is 2. The Morgan fingerprint density at radius 3 is 2.04 bits per heavy atom. The molecule has 2 aromatic rings. The van der Waals surface area contributed by atoms with Crippen molar-refractivity contribution >= 4 is 11.7 Å². The molecule has 2 saturated carbocycles. The summed E-state index contributed by atoms with van der Waals surface area (Å²) >= 11 is 0. The highest BCUT2D eigenvalue weighted by molar-refractivity contribution is 6.08.